The first-order chi connectivity index (χ1) is 8.59. The SMILES string of the molecule is Cl.NC(c1cc(C(F)(F)F)cc(C(F)(F)F)c1)C1CC1. The molecule has 114 valence electrons. The van der Waals surface area contributed by atoms with Gasteiger partial charge in [-0.1, -0.05) is 0 Å². The van der Waals surface area contributed by atoms with Crippen molar-refractivity contribution in [3.8, 4) is 0 Å². The Hall–Kier alpha value is -0.950. The largest absolute Gasteiger partial charge is 0.416 e. The summed E-state index contributed by atoms with van der Waals surface area (Å²) in [5.74, 6) is -0.0235. The van der Waals surface area contributed by atoms with Crippen LogP contribution in [0.3, 0.4) is 0 Å². The minimum absolute atomic E-state index is 0. The number of rotatable bonds is 2. The molecule has 0 amide bonds. The summed E-state index contributed by atoms with van der Waals surface area (Å²) in [6, 6.07) is 0.753. The molecule has 1 aliphatic rings. The zero-order valence-corrected chi connectivity index (χ0v) is 10.9. The van der Waals surface area contributed by atoms with E-state index in [0.29, 0.717) is 12.1 Å². The van der Waals surface area contributed by atoms with E-state index in [1.807, 2.05) is 0 Å². The molecule has 1 nitrogen and oxygen atoms in total. The Morgan fingerprint density at radius 1 is 0.900 bits per heavy atom. The monoisotopic (exact) mass is 319 g/mol. The Bertz CT molecular complexity index is 446. The molecule has 8 heteroatoms. The molecule has 0 aromatic heterocycles. The lowest BCUT2D eigenvalue weighted by atomic mass is 9.97. The number of hydrogen-bond acceptors (Lipinski definition) is 1. The Labute approximate surface area is 117 Å². The molecular weight excluding hydrogens is 308 g/mol. The van der Waals surface area contributed by atoms with Gasteiger partial charge < -0.3 is 5.73 Å². The molecule has 0 radical (unpaired) electrons. The third-order valence-corrected chi connectivity index (χ3v) is 3.12. The van der Waals surface area contributed by atoms with Gasteiger partial charge in [0.1, 0.15) is 0 Å². The Morgan fingerprint density at radius 2 is 1.30 bits per heavy atom. The van der Waals surface area contributed by atoms with Crippen molar-refractivity contribution in [2.45, 2.75) is 31.2 Å². The maximum Gasteiger partial charge on any atom is 0.416 e. The zero-order valence-electron chi connectivity index (χ0n) is 10.1. The van der Waals surface area contributed by atoms with Crippen LogP contribution in [0.25, 0.3) is 0 Å². The summed E-state index contributed by atoms with van der Waals surface area (Å²) in [5.41, 5.74) is 2.96. The third-order valence-electron chi connectivity index (χ3n) is 3.12. The molecule has 1 unspecified atom stereocenters. The minimum atomic E-state index is -4.82. The summed E-state index contributed by atoms with van der Waals surface area (Å²) in [6.07, 6.45) is -8.17. The first-order valence-electron chi connectivity index (χ1n) is 5.64. The van der Waals surface area contributed by atoms with Crippen LogP contribution in [-0.4, -0.2) is 0 Å². The van der Waals surface area contributed by atoms with Crippen LogP contribution < -0.4 is 5.73 Å². The lowest BCUT2D eigenvalue weighted by Crippen LogP contribution is -2.17. The van der Waals surface area contributed by atoms with E-state index in [9.17, 15) is 26.3 Å². The molecule has 0 spiro atoms. The van der Waals surface area contributed by atoms with E-state index in [0.717, 1.165) is 12.8 Å². The van der Waals surface area contributed by atoms with Gasteiger partial charge in [0.25, 0.3) is 0 Å². The van der Waals surface area contributed by atoms with Crippen LogP contribution in [0.15, 0.2) is 18.2 Å². The van der Waals surface area contributed by atoms with Gasteiger partial charge in [-0.2, -0.15) is 26.3 Å². The molecule has 1 fully saturated rings. The van der Waals surface area contributed by atoms with E-state index in [1.165, 1.54) is 0 Å². The second-order valence-corrected chi connectivity index (χ2v) is 4.70. The van der Waals surface area contributed by atoms with Crippen LogP contribution >= 0.6 is 12.4 Å². The Balaban J connectivity index is 0.00000200. The molecule has 1 atom stereocenters. The molecule has 0 bridgehead atoms. The number of benzene rings is 1. The standard InChI is InChI=1S/C12H11F6N.ClH/c13-11(14,15)8-3-7(10(19)6-1-2-6)4-9(5-8)12(16,17)18;/h3-6,10H,1-2,19H2;1H. The van der Waals surface area contributed by atoms with Gasteiger partial charge in [0, 0.05) is 6.04 Å². The zero-order chi connectivity index (χ0) is 14.4. The van der Waals surface area contributed by atoms with Crippen LogP contribution in [0.2, 0.25) is 0 Å². The van der Waals surface area contributed by atoms with E-state index < -0.39 is 29.5 Å². The third kappa shape index (κ3) is 3.79. The minimum Gasteiger partial charge on any atom is -0.324 e. The topological polar surface area (TPSA) is 26.0 Å². The van der Waals surface area contributed by atoms with Crippen molar-refractivity contribution >= 4 is 12.4 Å². The first-order valence-corrected chi connectivity index (χ1v) is 5.64. The molecular formula is C12H12ClF6N. The number of hydrogen-bond donors (Lipinski definition) is 1. The molecule has 1 aromatic rings. The van der Waals surface area contributed by atoms with E-state index >= 15 is 0 Å². The number of nitrogens with two attached hydrogens (primary N) is 1. The van der Waals surface area contributed by atoms with Crippen molar-refractivity contribution in [3.63, 3.8) is 0 Å². The smallest absolute Gasteiger partial charge is 0.324 e. The lowest BCUT2D eigenvalue weighted by molar-refractivity contribution is -0.143. The van der Waals surface area contributed by atoms with Gasteiger partial charge in [0.15, 0.2) is 0 Å². The van der Waals surface area contributed by atoms with E-state index in [-0.39, 0.29) is 30.0 Å². The normalized spacial score (nSPS) is 17.6. The molecule has 0 saturated heterocycles. The van der Waals surface area contributed by atoms with Crippen molar-refractivity contribution in [2.24, 2.45) is 11.7 Å². The van der Waals surface area contributed by atoms with E-state index in [2.05, 4.69) is 0 Å². The first kappa shape index (κ1) is 17.1. The lowest BCUT2D eigenvalue weighted by Gasteiger charge is -2.17. The molecule has 1 aromatic carbocycles. The number of halogens is 7. The highest BCUT2D eigenvalue weighted by atomic mass is 35.5. The van der Waals surface area contributed by atoms with Crippen LogP contribution in [0.4, 0.5) is 26.3 Å². The van der Waals surface area contributed by atoms with Crippen molar-refractivity contribution in [2.75, 3.05) is 0 Å². The fourth-order valence-electron chi connectivity index (χ4n) is 1.90. The van der Waals surface area contributed by atoms with E-state index in [1.54, 1.807) is 0 Å². The fraction of sp³-hybridized carbons (Fsp3) is 0.500. The van der Waals surface area contributed by atoms with Gasteiger partial charge in [-0.05, 0) is 42.5 Å². The van der Waals surface area contributed by atoms with Gasteiger partial charge in [0.05, 0.1) is 11.1 Å². The Kier molecular flexibility index (Phi) is 4.65. The van der Waals surface area contributed by atoms with Gasteiger partial charge in [0.2, 0.25) is 0 Å². The maximum atomic E-state index is 12.6. The summed E-state index contributed by atoms with van der Waals surface area (Å²) in [4.78, 5) is 0. The van der Waals surface area contributed by atoms with Gasteiger partial charge in [-0.15, -0.1) is 12.4 Å². The molecule has 2 rings (SSSR count). The summed E-state index contributed by atoms with van der Waals surface area (Å²) in [5, 5.41) is 0. The molecule has 1 aliphatic carbocycles. The highest BCUT2D eigenvalue weighted by Crippen LogP contribution is 2.42. The van der Waals surface area contributed by atoms with Crippen LogP contribution in [0.5, 0.6) is 0 Å². The summed E-state index contributed by atoms with van der Waals surface area (Å²) >= 11 is 0. The average molecular weight is 320 g/mol. The quantitative estimate of drug-likeness (QED) is 0.795. The second-order valence-electron chi connectivity index (χ2n) is 4.70. The highest BCUT2D eigenvalue weighted by molar-refractivity contribution is 5.85. The average Bonchev–Trinajstić information content (AvgIpc) is 3.09. The summed E-state index contributed by atoms with van der Waals surface area (Å²) < 4.78 is 75.6. The van der Waals surface area contributed by atoms with Crippen LogP contribution in [-0.2, 0) is 12.4 Å². The summed E-state index contributed by atoms with van der Waals surface area (Å²) in [7, 11) is 0. The second kappa shape index (κ2) is 5.44. The highest BCUT2D eigenvalue weighted by Gasteiger charge is 2.38. The fourth-order valence-corrected chi connectivity index (χ4v) is 1.90. The van der Waals surface area contributed by atoms with Gasteiger partial charge in [-0.25, -0.2) is 0 Å². The van der Waals surface area contributed by atoms with Crippen LogP contribution in [0, 0.1) is 5.92 Å². The molecule has 20 heavy (non-hydrogen) atoms. The van der Waals surface area contributed by atoms with Crippen molar-refractivity contribution in [3.05, 3.63) is 34.9 Å². The predicted octanol–water partition coefficient (Wildman–Crippen LogP) is 4.56. The summed E-state index contributed by atoms with van der Waals surface area (Å²) in [6.45, 7) is 0. The molecule has 1 saturated carbocycles. The molecule has 2 N–H and O–H groups in total. The van der Waals surface area contributed by atoms with Crippen molar-refractivity contribution in [1.29, 1.82) is 0 Å². The van der Waals surface area contributed by atoms with E-state index in [4.69, 9.17) is 5.73 Å². The van der Waals surface area contributed by atoms with Crippen LogP contribution in [0.1, 0.15) is 35.6 Å². The van der Waals surface area contributed by atoms with Gasteiger partial charge >= 0.3 is 12.4 Å². The van der Waals surface area contributed by atoms with Gasteiger partial charge in [-0.3, -0.25) is 0 Å². The van der Waals surface area contributed by atoms with Crippen molar-refractivity contribution in [1.82, 2.24) is 0 Å². The molecule has 0 heterocycles. The van der Waals surface area contributed by atoms with Crippen molar-refractivity contribution < 1.29 is 26.3 Å². The Morgan fingerprint density at radius 3 is 1.60 bits per heavy atom. The predicted molar refractivity (Wildman–Crippen MR) is 63.3 cm³/mol. The maximum absolute atomic E-state index is 12.6. The number of alkyl halides is 6. The molecule has 0 aliphatic heterocycles.